The standard InChI is InChI=1S/C20H20N4O4/c1-13-11-18(24-28-13)23-20(26)16-12-15(8-9-21-16)19(25)22-10-7-14-5-3-4-6-17(14)27-2/h3-6,8-9,11-12H,7,10H2,1-2H3,(H,22,25)(H,23,24,26). The average Bonchev–Trinajstić information content (AvgIpc) is 3.13. The van der Waals surface area contributed by atoms with Crippen molar-refractivity contribution in [2.75, 3.05) is 19.0 Å². The third-order valence-electron chi connectivity index (χ3n) is 4.00. The molecule has 2 amide bonds. The summed E-state index contributed by atoms with van der Waals surface area (Å²) in [6.45, 7) is 2.15. The molecular formula is C20H20N4O4. The number of carbonyl (C=O) groups is 2. The van der Waals surface area contributed by atoms with Gasteiger partial charge >= 0.3 is 0 Å². The number of nitrogens with zero attached hydrogens (tertiary/aromatic N) is 2. The number of hydrogen-bond donors (Lipinski definition) is 2. The van der Waals surface area contributed by atoms with Gasteiger partial charge in [0.15, 0.2) is 5.82 Å². The van der Waals surface area contributed by atoms with Crippen molar-refractivity contribution in [3.05, 3.63) is 71.2 Å². The van der Waals surface area contributed by atoms with Crippen molar-refractivity contribution in [3.8, 4) is 5.75 Å². The van der Waals surface area contributed by atoms with Crippen molar-refractivity contribution >= 4 is 17.6 Å². The molecule has 0 saturated carbocycles. The van der Waals surface area contributed by atoms with Gasteiger partial charge in [-0.2, -0.15) is 0 Å². The maximum atomic E-state index is 12.4. The molecule has 0 aliphatic carbocycles. The lowest BCUT2D eigenvalue weighted by atomic mass is 10.1. The minimum absolute atomic E-state index is 0.109. The van der Waals surface area contributed by atoms with Crippen LogP contribution in [0.15, 0.2) is 53.2 Å². The van der Waals surface area contributed by atoms with Crippen LogP contribution in [0.25, 0.3) is 0 Å². The highest BCUT2D eigenvalue weighted by Crippen LogP contribution is 2.17. The first-order chi connectivity index (χ1) is 13.6. The van der Waals surface area contributed by atoms with Gasteiger partial charge in [0.05, 0.1) is 7.11 Å². The van der Waals surface area contributed by atoms with Crippen molar-refractivity contribution in [2.24, 2.45) is 0 Å². The number of para-hydroxylation sites is 1. The van der Waals surface area contributed by atoms with E-state index >= 15 is 0 Å². The Balaban J connectivity index is 1.59. The Morgan fingerprint density at radius 2 is 1.96 bits per heavy atom. The Morgan fingerprint density at radius 3 is 2.71 bits per heavy atom. The lowest BCUT2D eigenvalue weighted by Gasteiger charge is -2.09. The number of rotatable bonds is 7. The van der Waals surface area contributed by atoms with Crippen LogP contribution in [0.3, 0.4) is 0 Å². The van der Waals surface area contributed by atoms with Gasteiger partial charge in [0.1, 0.15) is 17.2 Å². The van der Waals surface area contributed by atoms with E-state index in [2.05, 4.69) is 20.8 Å². The zero-order chi connectivity index (χ0) is 19.9. The van der Waals surface area contributed by atoms with Crippen molar-refractivity contribution in [3.63, 3.8) is 0 Å². The highest BCUT2D eigenvalue weighted by Gasteiger charge is 2.13. The van der Waals surface area contributed by atoms with Crippen molar-refractivity contribution in [1.82, 2.24) is 15.5 Å². The first kappa shape index (κ1) is 19.1. The fourth-order valence-corrected chi connectivity index (χ4v) is 2.62. The summed E-state index contributed by atoms with van der Waals surface area (Å²) in [5.74, 6) is 0.880. The van der Waals surface area contributed by atoms with Gasteiger partial charge in [-0.25, -0.2) is 0 Å². The van der Waals surface area contributed by atoms with Crippen LogP contribution >= 0.6 is 0 Å². The number of carbonyl (C=O) groups excluding carboxylic acids is 2. The molecular weight excluding hydrogens is 360 g/mol. The van der Waals surface area contributed by atoms with E-state index < -0.39 is 5.91 Å². The highest BCUT2D eigenvalue weighted by atomic mass is 16.5. The van der Waals surface area contributed by atoms with Crippen LogP contribution < -0.4 is 15.4 Å². The molecule has 0 aliphatic rings. The lowest BCUT2D eigenvalue weighted by molar-refractivity contribution is 0.0954. The second-order valence-corrected chi connectivity index (χ2v) is 6.02. The van der Waals surface area contributed by atoms with Crippen LogP contribution in [0.5, 0.6) is 5.75 Å². The molecule has 2 N–H and O–H groups in total. The Bertz CT molecular complexity index is 984. The topological polar surface area (TPSA) is 106 Å². The monoisotopic (exact) mass is 380 g/mol. The molecule has 0 radical (unpaired) electrons. The quantitative estimate of drug-likeness (QED) is 0.653. The largest absolute Gasteiger partial charge is 0.496 e. The van der Waals surface area contributed by atoms with Crippen LogP contribution in [-0.2, 0) is 6.42 Å². The zero-order valence-electron chi connectivity index (χ0n) is 15.6. The summed E-state index contributed by atoms with van der Waals surface area (Å²) in [7, 11) is 1.61. The SMILES string of the molecule is COc1ccccc1CCNC(=O)c1ccnc(C(=O)Nc2cc(C)on2)c1. The third-order valence-corrected chi connectivity index (χ3v) is 4.00. The maximum absolute atomic E-state index is 12.4. The van der Waals surface area contributed by atoms with Crippen LogP contribution in [0.1, 0.15) is 32.2 Å². The molecule has 8 heteroatoms. The molecule has 0 unspecified atom stereocenters. The lowest BCUT2D eigenvalue weighted by Crippen LogP contribution is -2.26. The van der Waals surface area contributed by atoms with Gasteiger partial charge in [0.25, 0.3) is 11.8 Å². The van der Waals surface area contributed by atoms with Crippen molar-refractivity contribution in [1.29, 1.82) is 0 Å². The molecule has 0 spiro atoms. The van der Waals surface area contributed by atoms with E-state index in [0.717, 1.165) is 11.3 Å². The number of aryl methyl sites for hydroxylation is 1. The van der Waals surface area contributed by atoms with Gasteiger partial charge in [-0.15, -0.1) is 0 Å². The first-order valence-electron chi connectivity index (χ1n) is 8.67. The predicted octanol–water partition coefficient (Wildman–Crippen LogP) is 2.61. The number of methoxy groups -OCH3 is 1. The van der Waals surface area contributed by atoms with E-state index in [1.807, 2.05) is 24.3 Å². The van der Waals surface area contributed by atoms with Crippen LogP contribution in [0.4, 0.5) is 5.82 Å². The van der Waals surface area contributed by atoms with Gasteiger partial charge in [0, 0.05) is 24.4 Å². The number of amides is 2. The fourth-order valence-electron chi connectivity index (χ4n) is 2.62. The Hall–Kier alpha value is -3.68. The van der Waals surface area contributed by atoms with E-state index in [0.29, 0.717) is 24.3 Å². The smallest absolute Gasteiger partial charge is 0.275 e. The number of hydrogen-bond acceptors (Lipinski definition) is 6. The number of aromatic nitrogens is 2. The predicted molar refractivity (Wildman–Crippen MR) is 102 cm³/mol. The van der Waals surface area contributed by atoms with Crippen molar-refractivity contribution in [2.45, 2.75) is 13.3 Å². The van der Waals surface area contributed by atoms with Crippen LogP contribution in [-0.4, -0.2) is 35.6 Å². The molecule has 3 aromatic rings. The molecule has 0 saturated heterocycles. The number of benzene rings is 1. The Morgan fingerprint density at radius 1 is 1.14 bits per heavy atom. The molecule has 8 nitrogen and oxygen atoms in total. The number of pyridine rings is 1. The third kappa shape index (κ3) is 4.73. The summed E-state index contributed by atoms with van der Waals surface area (Å²) in [4.78, 5) is 28.7. The highest BCUT2D eigenvalue weighted by molar-refractivity contribution is 6.04. The molecule has 3 rings (SSSR count). The molecule has 0 bridgehead atoms. The number of anilines is 1. The van der Waals surface area contributed by atoms with E-state index in [4.69, 9.17) is 9.26 Å². The summed E-state index contributed by atoms with van der Waals surface area (Å²) >= 11 is 0. The molecule has 144 valence electrons. The van der Waals surface area contributed by atoms with Gasteiger partial charge in [-0.05, 0) is 37.1 Å². The van der Waals surface area contributed by atoms with Gasteiger partial charge < -0.3 is 19.9 Å². The number of ether oxygens (including phenoxy) is 1. The maximum Gasteiger partial charge on any atom is 0.275 e. The van der Waals surface area contributed by atoms with E-state index in [9.17, 15) is 9.59 Å². The Labute approximate surface area is 161 Å². The van der Waals surface area contributed by atoms with Crippen molar-refractivity contribution < 1.29 is 18.8 Å². The number of nitrogens with one attached hydrogen (secondary N) is 2. The van der Waals surface area contributed by atoms with Gasteiger partial charge in [-0.3, -0.25) is 14.6 Å². The first-order valence-corrected chi connectivity index (χ1v) is 8.67. The second-order valence-electron chi connectivity index (χ2n) is 6.02. The molecule has 28 heavy (non-hydrogen) atoms. The molecule has 2 aromatic heterocycles. The van der Waals surface area contributed by atoms with Gasteiger partial charge in [-0.1, -0.05) is 23.4 Å². The molecule has 0 fully saturated rings. The normalized spacial score (nSPS) is 10.4. The molecule has 0 atom stereocenters. The molecule has 1 aromatic carbocycles. The zero-order valence-corrected chi connectivity index (χ0v) is 15.6. The van der Waals surface area contributed by atoms with E-state index in [1.165, 1.54) is 12.3 Å². The van der Waals surface area contributed by atoms with E-state index in [-0.39, 0.29) is 17.4 Å². The summed E-state index contributed by atoms with van der Waals surface area (Å²) in [6, 6.07) is 12.2. The second kappa shape index (κ2) is 8.81. The Kier molecular flexibility index (Phi) is 6.01. The summed E-state index contributed by atoms with van der Waals surface area (Å²) in [5.41, 5.74) is 1.46. The molecule has 0 aliphatic heterocycles. The van der Waals surface area contributed by atoms with Crippen LogP contribution in [0.2, 0.25) is 0 Å². The van der Waals surface area contributed by atoms with Crippen LogP contribution in [0, 0.1) is 6.92 Å². The summed E-state index contributed by atoms with van der Waals surface area (Å²) < 4.78 is 10.2. The molecule has 2 heterocycles. The summed E-state index contributed by atoms with van der Waals surface area (Å²) in [5, 5.41) is 9.11. The minimum Gasteiger partial charge on any atom is -0.496 e. The van der Waals surface area contributed by atoms with Gasteiger partial charge in [0.2, 0.25) is 0 Å². The van der Waals surface area contributed by atoms with E-state index in [1.54, 1.807) is 26.2 Å². The summed E-state index contributed by atoms with van der Waals surface area (Å²) in [6.07, 6.45) is 2.04. The average molecular weight is 380 g/mol. The fraction of sp³-hybridized carbons (Fsp3) is 0.200. The minimum atomic E-state index is -0.475.